The van der Waals surface area contributed by atoms with Gasteiger partial charge in [-0.3, -0.25) is 0 Å². The summed E-state index contributed by atoms with van der Waals surface area (Å²) in [6, 6.07) is 0. The minimum absolute atomic E-state index is 0.938. The van der Waals surface area contributed by atoms with E-state index in [2.05, 4.69) is 10.3 Å². The molecule has 1 aromatic rings. The van der Waals surface area contributed by atoms with Crippen molar-refractivity contribution in [2.75, 3.05) is 0 Å². The Labute approximate surface area is 54.0 Å². The second-order valence-electron chi connectivity index (χ2n) is 1.82. The highest BCUT2D eigenvalue weighted by molar-refractivity contribution is 5.18. The van der Waals surface area contributed by atoms with Crippen molar-refractivity contribution in [2.45, 2.75) is 13.8 Å². The van der Waals surface area contributed by atoms with E-state index in [0.29, 0.717) is 0 Å². The van der Waals surface area contributed by atoms with Crippen LogP contribution in [-0.4, -0.2) is 15.0 Å². The van der Waals surface area contributed by atoms with Crippen molar-refractivity contribution in [2.24, 2.45) is 0 Å². The highest BCUT2D eigenvalue weighted by Crippen LogP contribution is 1.88. The zero-order valence-corrected chi connectivity index (χ0v) is 5.57. The molecule has 0 saturated heterocycles. The minimum Gasteiger partial charge on any atom is -0.228 e. The first-order valence-corrected chi connectivity index (χ1v) is 2.84. The van der Waals surface area contributed by atoms with Gasteiger partial charge in [-0.2, -0.15) is 0 Å². The molecule has 0 radical (unpaired) electrons. The summed E-state index contributed by atoms with van der Waals surface area (Å²) in [6.07, 6.45) is 5.62. The van der Waals surface area contributed by atoms with Gasteiger partial charge in [0.15, 0.2) is 0 Å². The fourth-order valence-corrected chi connectivity index (χ4v) is 0.591. The van der Waals surface area contributed by atoms with Crippen LogP contribution in [0.2, 0.25) is 0 Å². The van der Waals surface area contributed by atoms with Gasteiger partial charge in [0.2, 0.25) is 0 Å². The molecule has 1 rings (SSSR count). The second kappa shape index (κ2) is 2.44. The summed E-state index contributed by atoms with van der Waals surface area (Å²) in [5.41, 5.74) is 0.938. The highest BCUT2D eigenvalue weighted by atomic mass is 15.4. The fraction of sp³-hybridized carbons (Fsp3) is 0.333. The van der Waals surface area contributed by atoms with Gasteiger partial charge in [0, 0.05) is 6.20 Å². The molecule has 0 atom stereocenters. The monoisotopic (exact) mass is 123 g/mol. The normalized spacial score (nSPS) is 10.9. The van der Waals surface area contributed by atoms with Crippen LogP contribution in [0.15, 0.2) is 12.3 Å². The highest BCUT2D eigenvalue weighted by Gasteiger charge is 1.86. The summed E-state index contributed by atoms with van der Waals surface area (Å²) in [5, 5.41) is 7.58. The van der Waals surface area contributed by atoms with E-state index >= 15 is 0 Å². The molecule has 3 nitrogen and oxygen atoms in total. The number of nitrogens with zero attached hydrogens (tertiary/aromatic N) is 3. The van der Waals surface area contributed by atoms with Crippen LogP contribution in [-0.2, 0) is 0 Å². The van der Waals surface area contributed by atoms with Crippen molar-refractivity contribution in [1.29, 1.82) is 0 Å². The maximum atomic E-state index is 3.80. The molecule has 0 N–H and O–H groups in total. The molecule has 48 valence electrons. The van der Waals surface area contributed by atoms with Gasteiger partial charge >= 0.3 is 0 Å². The smallest absolute Gasteiger partial charge is 0.0800 e. The molecule has 1 heterocycles. The molecule has 0 aliphatic heterocycles. The maximum absolute atomic E-state index is 3.80. The molecule has 1 aromatic heterocycles. The number of allylic oxidation sites excluding steroid dienone is 1. The van der Waals surface area contributed by atoms with E-state index in [9.17, 15) is 0 Å². The quantitative estimate of drug-likeness (QED) is 0.559. The van der Waals surface area contributed by atoms with Gasteiger partial charge in [-0.05, 0) is 13.8 Å². The Morgan fingerprint density at radius 2 is 2.44 bits per heavy atom. The Morgan fingerprint density at radius 1 is 1.67 bits per heavy atom. The van der Waals surface area contributed by atoms with Crippen molar-refractivity contribution in [1.82, 2.24) is 15.0 Å². The summed E-state index contributed by atoms with van der Waals surface area (Å²) < 4.78 is 1.68. The number of aryl methyl sites for hydroxylation is 1. The minimum atomic E-state index is 0.938. The molecule has 3 heteroatoms. The van der Waals surface area contributed by atoms with Crippen LogP contribution in [0.4, 0.5) is 0 Å². The zero-order chi connectivity index (χ0) is 6.69. The van der Waals surface area contributed by atoms with Crippen LogP contribution in [0.3, 0.4) is 0 Å². The SMILES string of the molecule is CC=Cn1cc(C)nn1. The average Bonchev–Trinajstić information content (AvgIpc) is 2.17. The van der Waals surface area contributed by atoms with Gasteiger partial charge in [0.25, 0.3) is 0 Å². The lowest BCUT2D eigenvalue weighted by molar-refractivity contribution is 0.836. The van der Waals surface area contributed by atoms with Gasteiger partial charge in [-0.25, -0.2) is 4.68 Å². The van der Waals surface area contributed by atoms with Crippen LogP contribution in [0.1, 0.15) is 12.6 Å². The molecule has 0 aromatic carbocycles. The van der Waals surface area contributed by atoms with E-state index in [1.165, 1.54) is 0 Å². The van der Waals surface area contributed by atoms with Crippen molar-refractivity contribution in [3.63, 3.8) is 0 Å². The first-order valence-electron chi connectivity index (χ1n) is 2.84. The van der Waals surface area contributed by atoms with Gasteiger partial charge in [-0.1, -0.05) is 11.3 Å². The van der Waals surface area contributed by atoms with E-state index < -0.39 is 0 Å². The van der Waals surface area contributed by atoms with Crippen LogP contribution in [0.5, 0.6) is 0 Å². The van der Waals surface area contributed by atoms with Crippen LogP contribution in [0.25, 0.3) is 6.20 Å². The Morgan fingerprint density at radius 3 is 2.89 bits per heavy atom. The van der Waals surface area contributed by atoms with E-state index in [4.69, 9.17) is 0 Å². The molecule has 0 aliphatic rings. The average molecular weight is 123 g/mol. The van der Waals surface area contributed by atoms with Crippen LogP contribution in [0, 0.1) is 6.92 Å². The van der Waals surface area contributed by atoms with Crippen LogP contribution >= 0.6 is 0 Å². The van der Waals surface area contributed by atoms with Crippen LogP contribution < -0.4 is 0 Å². The summed E-state index contributed by atoms with van der Waals surface area (Å²) in [7, 11) is 0. The first-order chi connectivity index (χ1) is 4.33. The van der Waals surface area contributed by atoms with E-state index in [1.54, 1.807) is 4.68 Å². The maximum Gasteiger partial charge on any atom is 0.0800 e. The van der Waals surface area contributed by atoms with Gasteiger partial charge in [-0.15, -0.1) is 5.10 Å². The van der Waals surface area contributed by atoms with E-state index in [-0.39, 0.29) is 0 Å². The zero-order valence-electron chi connectivity index (χ0n) is 5.57. The second-order valence-corrected chi connectivity index (χ2v) is 1.82. The largest absolute Gasteiger partial charge is 0.228 e. The van der Waals surface area contributed by atoms with Gasteiger partial charge in [0.05, 0.1) is 11.9 Å². The fourth-order valence-electron chi connectivity index (χ4n) is 0.591. The van der Waals surface area contributed by atoms with Gasteiger partial charge in [0.1, 0.15) is 0 Å². The predicted octanol–water partition coefficient (Wildman–Crippen LogP) is 1.08. The van der Waals surface area contributed by atoms with Crippen molar-refractivity contribution in [3.8, 4) is 0 Å². The standard InChI is InChI=1S/C6H9N3/c1-3-4-9-5-6(2)7-8-9/h3-5H,1-2H3. The van der Waals surface area contributed by atoms with Crippen molar-refractivity contribution < 1.29 is 0 Å². The molecule has 9 heavy (non-hydrogen) atoms. The predicted molar refractivity (Wildman–Crippen MR) is 35.8 cm³/mol. The number of hydrogen-bond acceptors (Lipinski definition) is 2. The third kappa shape index (κ3) is 1.38. The molecule has 0 bridgehead atoms. The molecular weight excluding hydrogens is 114 g/mol. The topological polar surface area (TPSA) is 30.7 Å². The van der Waals surface area contributed by atoms with E-state index in [1.807, 2.05) is 32.3 Å². The van der Waals surface area contributed by atoms with Crippen molar-refractivity contribution in [3.05, 3.63) is 18.0 Å². The molecule has 0 spiro atoms. The summed E-state index contributed by atoms with van der Waals surface area (Å²) in [5.74, 6) is 0. The third-order valence-electron chi connectivity index (χ3n) is 0.927. The number of rotatable bonds is 1. The first kappa shape index (κ1) is 6.01. The molecule has 0 fully saturated rings. The Bertz CT molecular complexity index is 212. The molecule has 0 unspecified atom stereocenters. The molecular formula is C6H9N3. The Kier molecular flexibility index (Phi) is 1.63. The number of aromatic nitrogens is 3. The summed E-state index contributed by atoms with van der Waals surface area (Å²) >= 11 is 0. The third-order valence-corrected chi connectivity index (χ3v) is 0.927. The molecule has 0 saturated carbocycles. The van der Waals surface area contributed by atoms with Crippen molar-refractivity contribution >= 4 is 6.20 Å². The van der Waals surface area contributed by atoms with E-state index in [0.717, 1.165) is 5.69 Å². The molecule has 0 aliphatic carbocycles. The summed E-state index contributed by atoms with van der Waals surface area (Å²) in [6.45, 7) is 3.85. The number of hydrogen-bond donors (Lipinski definition) is 0. The van der Waals surface area contributed by atoms with Gasteiger partial charge < -0.3 is 0 Å². The molecule has 0 amide bonds. The summed E-state index contributed by atoms with van der Waals surface area (Å²) in [4.78, 5) is 0. The lowest BCUT2D eigenvalue weighted by Gasteiger charge is -1.81. The Hall–Kier alpha value is -1.12. The lowest BCUT2D eigenvalue weighted by atomic mass is 10.6. The lowest BCUT2D eigenvalue weighted by Crippen LogP contribution is -1.84. The Balaban J connectivity index is 2.85.